The Morgan fingerprint density at radius 2 is 1.94 bits per heavy atom. The lowest BCUT2D eigenvalue weighted by Crippen LogP contribution is -2.14. The van der Waals surface area contributed by atoms with Crippen molar-refractivity contribution < 1.29 is 4.74 Å². The number of anilines is 2. The molecule has 0 aliphatic rings. The van der Waals surface area contributed by atoms with E-state index in [0.29, 0.717) is 5.95 Å². The molecule has 1 aromatic heterocycles. The van der Waals surface area contributed by atoms with E-state index in [0.717, 1.165) is 13.0 Å². The molecule has 1 rings (SSSR count). The molecule has 0 aromatic carbocycles. The number of hydrogen-bond donors (Lipinski definition) is 3. The molecule has 18 heavy (non-hydrogen) atoms. The van der Waals surface area contributed by atoms with Crippen molar-refractivity contribution in [3.63, 3.8) is 0 Å². The molecular weight excluding hydrogens is 252 g/mol. The van der Waals surface area contributed by atoms with Gasteiger partial charge in [-0.2, -0.15) is 26.7 Å². The van der Waals surface area contributed by atoms with Crippen molar-refractivity contribution in [2.75, 3.05) is 36.4 Å². The van der Waals surface area contributed by atoms with Gasteiger partial charge in [-0.3, -0.25) is 5.43 Å². The summed E-state index contributed by atoms with van der Waals surface area (Å²) in [7, 11) is 1.50. The zero-order chi connectivity index (χ0) is 13.2. The minimum Gasteiger partial charge on any atom is -0.467 e. The average Bonchev–Trinajstić information content (AvgIpc) is 2.42. The van der Waals surface area contributed by atoms with Crippen LogP contribution < -0.4 is 21.3 Å². The van der Waals surface area contributed by atoms with Gasteiger partial charge in [0.1, 0.15) is 0 Å². The van der Waals surface area contributed by atoms with Crippen LogP contribution >= 0.6 is 11.8 Å². The molecule has 0 saturated carbocycles. The van der Waals surface area contributed by atoms with Crippen molar-refractivity contribution in [1.29, 1.82) is 0 Å². The third kappa shape index (κ3) is 5.37. The summed E-state index contributed by atoms with van der Waals surface area (Å²) in [4.78, 5) is 12.1. The van der Waals surface area contributed by atoms with Gasteiger partial charge in [0, 0.05) is 6.54 Å². The molecule has 1 aromatic rings. The summed E-state index contributed by atoms with van der Waals surface area (Å²) in [5, 5.41) is 3.13. The van der Waals surface area contributed by atoms with Gasteiger partial charge in [-0.25, -0.2) is 5.84 Å². The Morgan fingerprint density at radius 3 is 2.61 bits per heavy atom. The Labute approximate surface area is 111 Å². The highest BCUT2D eigenvalue weighted by Gasteiger charge is 2.04. The van der Waals surface area contributed by atoms with Gasteiger partial charge >= 0.3 is 6.01 Å². The molecule has 0 bridgehead atoms. The molecule has 8 heteroatoms. The summed E-state index contributed by atoms with van der Waals surface area (Å²) in [6, 6.07) is 0.239. The Bertz CT molecular complexity index is 329. The number of nitrogens with zero attached hydrogens (tertiary/aromatic N) is 3. The Hall–Kier alpha value is -1.28. The predicted molar refractivity (Wildman–Crippen MR) is 74.9 cm³/mol. The lowest BCUT2D eigenvalue weighted by molar-refractivity contribution is 0.379. The zero-order valence-corrected chi connectivity index (χ0v) is 11.6. The molecule has 1 heterocycles. The molecule has 7 nitrogen and oxygen atoms in total. The number of unbranched alkanes of at least 4 members (excludes halogenated alkanes) is 2. The van der Waals surface area contributed by atoms with Crippen LogP contribution in [0.2, 0.25) is 0 Å². The summed E-state index contributed by atoms with van der Waals surface area (Å²) in [6.07, 6.45) is 5.63. The number of methoxy groups -OCH3 is 1. The van der Waals surface area contributed by atoms with Gasteiger partial charge < -0.3 is 10.1 Å². The molecular formula is C10H20N6OS. The number of thioether (sulfide) groups is 1. The molecule has 4 N–H and O–H groups in total. The summed E-state index contributed by atoms with van der Waals surface area (Å²) < 4.78 is 4.96. The van der Waals surface area contributed by atoms with Crippen LogP contribution in [-0.4, -0.2) is 40.6 Å². The standard InChI is InChI=1S/C10H20N6OS/c1-17-10-14-8(13-9(15-10)16-11)12-6-4-3-5-7-18-2/h3-7,11H2,1-2H3,(H2,12,13,14,15,16). The third-order valence-corrected chi connectivity index (χ3v) is 2.93. The smallest absolute Gasteiger partial charge is 0.322 e. The van der Waals surface area contributed by atoms with E-state index in [2.05, 4.69) is 32.0 Å². The molecule has 0 aliphatic carbocycles. The molecule has 0 amide bonds. The van der Waals surface area contributed by atoms with Gasteiger partial charge in [0.15, 0.2) is 0 Å². The largest absolute Gasteiger partial charge is 0.467 e. The maximum Gasteiger partial charge on any atom is 0.322 e. The second-order valence-electron chi connectivity index (χ2n) is 3.59. The van der Waals surface area contributed by atoms with E-state index >= 15 is 0 Å². The molecule has 0 saturated heterocycles. The first-order chi connectivity index (χ1) is 8.80. The summed E-state index contributed by atoms with van der Waals surface area (Å²) >= 11 is 1.87. The molecule has 102 valence electrons. The lowest BCUT2D eigenvalue weighted by atomic mass is 10.2. The van der Waals surface area contributed by atoms with Crippen LogP contribution in [-0.2, 0) is 0 Å². The molecule has 0 unspecified atom stereocenters. The van der Waals surface area contributed by atoms with Gasteiger partial charge in [0.05, 0.1) is 7.11 Å². The van der Waals surface area contributed by atoms with Crippen molar-refractivity contribution in [1.82, 2.24) is 15.0 Å². The number of nitrogen functional groups attached to an aromatic ring is 1. The van der Waals surface area contributed by atoms with E-state index in [-0.39, 0.29) is 12.0 Å². The predicted octanol–water partition coefficient (Wildman–Crippen LogP) is 1.11. The highest BCUT2D eigenvalue weighted by Crippen LogP contribution is 2.10. The summed E-state index contributed by atoms with van der Waals surface area (Å²) in [5.41, 5.74) is 2.38. The average molecular weight is 272 g/mol. The van der Waals surface area contributed by atoms with Crippen LogP contribution in [0.5, 0.6) is 6.01 Å². The van der Waals surface area contributed by atoms with Crippen molar-refractivity contribution in [2.45, 2.75) is 19.3 Å². The van der Waals surface area contributed by atoms with Gasteiger partial charge in [0.2, 0.25) is 11.9 Å². The van der Waals surface area contributed by atoms with Gasteiger partial charge in [0.25, 0.3) is 0 Å². The lowest BCUT2D eigenvalue weighted by Gasteiger charge is -2.07. The van der Waals surface area contributed by atoms with E-state index < -0.39 is 0 Å². The zero-order valence-electron chi connectivity index (χ0n) is 10.8. The first-order valence-corrected chi connectivity index (χ1v) is 7.19. The highest BCUT2D eigenvalue weighted by molar-refractivity contribution is 7.98. The van der Waals surface area contributed by atoms with Crippen molar-refractivity contribution in [3.05, 3.63) is 0 Å². The van der Waals surface area contributed by atoms with E-state index in [1.165, 1.54) is 25.7 Å². The summed E-state index contributed by atoms with van der Waals surface area (Å²) in [5.74, 6) is 7.23. The number of aromatic nitrogens is 3. The SMILES string of the molecule is COc1nc(NN)nc(NCCCCCSC)n1. The maximum absolute atomic E-state index is 5.26. The number of rotatable bonds is 9. The fourth-order valence-electron chi connectivity index (χ4n) is 1.34. The Kier molecular flexibility index (Phi) is 7.19. The number of nitrogens with two attached hydrogens (primary N) is 1. The maximum atomic E-state index is 5.26. The van der Waals surface area contributed by atoms with E-state index in [1.54, 1.807) is 0 Å². The number of hydrazine groups is 1. The van der Waals surface area contributed by atoms with Crippen LogP contribution in [0, 0.1) is 0 Å². The normalized spacial score (nSPS) is 10.2. The van der Waals surface area contributed by atoms with Crippen LogP contribution in [0.25, 0.3) is 0 Å². The fraction of sp³-hybridized carbons (Fsp3) is 0.700. The highest BCUT2D eigenvalue weighted by atomic mass is 32.2. The minimum atomic E-state index is 0.239. The minimum absolute atomic E-state index is 0.239. The van der Waals surface area contributed by atoms with Crippen LogP contribution in [0.1, 0.15) is 19.3 Å². The number of nitrogens with one attached hydrogen (secondary N) is 2. The van der Waals surface area contributed by atoms with E-state index in [4.69, 9.17) is 10.6 Å². The van der Waals surface area contributed by atoms with Crippen LogP contribution in [0.3, 0.4) is 0 Å². The Balaban J connectivity index is 2.36. The number of hydrogen-bond acceptors (Lipinski definition) is 8. The van der Waals surface area contributed by atoms with Crippen molar-refractivity contribution >= 4 is 23.7 Å². The van der Waals surface area contributed by atoms with Crippen LogP contribution in [0.4, 0.5) is 11.9 Å². The first-order valence-electron chi connectivity index (χ1n) is 5.79. The van der Waals surface area contributed by atoms with Gasteiger partial charge in [-0.1, -0.05) is 6.42 Å². The van der Waals surface area contributed by atoms with Gasteiger partial charge in [-0.05, 0) is 24.9 Å². The number of ether oxygens (including phenoxy) is 1. The molecule has 0 atom stereocenters. The second-order valence-corrected chi connectivity index (χ2v) is 4.58. The molecule has 0 radical (unpaired) electrons. The monoisotopic (exact) mass is 272 g/mol. The quantitative estimate of drug-likeness (QED) is 0.349. The summed E-state index contributed by atoms with van der Waals surface area (Å²) in [6.45, 7) is 0.825. The van der Waals surface area contributed by atoms with E-state index in [1.807, 2.05) is 11.8 Å². The topological polar surface area (TPSA) is 98.0 Å². The van der Waals surface area contributed by atoms with Crippen molar-refractivity contribution in [3.8, 4) is 6.01 Å². The van der Waals surface area contributed by atoms with Crippen molar-refractivity contribution in [2.24, 2.45) is 5.84 Å². The third-order valence-electron chi connectivity index (χ3n) is 2.23. The molecule has 0 aliphatic heterocycles. The first kappa shape index (κ1) is 14.8. The fourth-order valence-corrected chi connectivity index (χ4v) is 1.83. The van der Waals surface area contributed by atoms with E-state index in [9.17, 15) is 0 Å². The van der Waals surface area contributed by atoms with Crippen LogP contribution in [0.15, 0.2) is 0 Å². The Morgan fingerprint density at radius 1 is 1.17 bits per heavy atom. The van der Waals surface area contributed by atoms with Gasteiger partial charge in [-0.15, -0.1) is 0 Å². The molecule has 0 fully saturated rings. The molecule has 0 spiro atoms. The second kappa shape index (κ2) is 8.76.